The van der Waals surface area contributed by atoms with E-state index in [-0.39, 0.29) is 0 Å². The van der Waals surface area contributed by atoms with Crippen LogP contribution in [0.3, 0.4) is 0 Å². The summed E-state index contributed by atoms with van der Waals surface area (Å²) in [7, 11) is 0. The van der Waals surface area contributed by atoms with Crippen LogP contribution in [0.15, 0.2) is 97.1 Å². The second kappa shape index (κ2) is 9.83. The summed E-state index contributed by atoms with van der Waals surface area (Å²) in [6.07, 6.45) is 0.926. The van der Waals surface area contributed by atoms with Gasteiger partial charge in [0.1, 0.15) is 18.3 Å². The third-order valence-electron chi connectivity index (χ3n) is 4.36. The van der Waals surface area contributed by atoms with E-state index in [4.69, 9.17) is 4.74 Å². The van der Waals surface area contributed by atoms with Gasteiger partial charge < -0.3 is 14.9 Å². The summed E-state index contributed by atoms with van der Waals surface area (Å²) in [5, 5.41) is 21.4. The number of hydrogen-bond acceptors (Lipinski definition) is 3. The zero-order chi connectivity index (χ0) is 18.9. The van der Waals surface area contributed by atoms with E-state index in [1.54, 1.807) is 18.2 Å². The Hall–Kier alpha value is -2.72. The third kappa shape index (κ3) is 5.63. The molecule has 0 aliphatic rings. The highest BCUT2D eigenvalue weighted by atomic mass is 16.5. The van der Waals surface area contributed by atoms with Crippen LogP contribution in [0.2, 0.25) is 0 Å². The SMILES string of the molecule is O[C@@H]([C@H](/C=C/c1ccccc1)OCc1ccccc1)[C@H](O)c1ccccc1. The molecule has 0 aromatic heterocycles. The number of benzene rings is 3. The summed E-state index contributed by atoms with van der Waals surface area (Å²) < 4.78 is 5.96. The Kier molecular flexibility index (Phi) is 6.94. The summed E-state index contributed by atoms with van der Waals surface area (Å²) in [5.41, 5.74) is 2.68. The molecule has 3 aromatic carbocycles. The molecular weight excluding hydrogens is 336 g/mol. The van der Waals surface area contributed by atoms with Crippen LogP contribution in [0.25, 0.3) is 6.08 Å². The van der Waals surface area contributed by atoms with Crippen LogP contribution in [-0.4, -0.2) is 22.4 Å². The first-order valence-electron chi connectivity index (χ1n) is 9.04. The van der Waals surface area contributed by atoms with Crippen LogP contribution in [0.1, 0.15) is 22.8 Å². The normalized spacial score (nSPS) is 14.7. The summed E-state index contributed by atoms with van der Waals surface area (Å²) in [6, 6.07) is 28.7. The zero-order valence-electron chi connectivity index (χ0n) is 15.1. The molecule has 3 heteroatoms. The van der Waals surface area contributed by atoms with E-state index in [1.165, 1.54) is 0 Å². The molecule has 27 heavy (non-hydrogen) atoms. The molecule has 0 saturated heterocycles. The van der Waals surface area contributed by atoms with E-state index < -0.39 is 18.3 Å². The average Bonchev–Trinajstić information content (AvgIpc) is 2.75. The van der Waals surface area contributed by atoms with Gasteiger partial charge in [0.15, 0.2) is 0 Å². The molecule has 0 unspecified atom stereocenters. The van der Waals surface area contributed by atoms with Crippen molar-refractivity contribution in [2.45, 2.75) is 24.9 Å². The van der Waals surface area contributed by atoms with Gasteiger partial charge in [-0.1, -0.05) is 103 Å². The summed E-state index contributed by atoms with van der Waals surface area (Å²) in [4.78, 5) is 0. The molecule has 0 radical (unpaired) electrons. The fourth-order valence-electron chi connectivity index (χ4n) is 2.83. The maximum atomic E-state index is 10.8. The average molecular weight is 360 g/mol. The molecule has 3 atom stereocenters. The highest BCUT2D eigenvalue weighted by Crippen LogP contribution is 2.22. The molecule has 0 spiro atoms. The molecule has 0 bridgehead atoms. The lowest BCUT2D eigenvalue weighted by Gasteiger charge is -2.25. The predicted molar refractivity (Wildman–Crippen MR) is 108 cm³/mol. The number of aliphatic hydroxyl groups is 2. The third-order valence-corrected chi connectivity index (χ3v) is 4.36. The van der Waals surface area contributed by atoms with Crippen LogP contribution in [-0.2, 0) is 11.3 Å². The van der Waals surface area contributed by atoms with Gasteiger partial charge >= 0.3 is 0 Å². The minimum Gasteiger partial charge on any atom is -0.387 e. The van der Waals surface area contributed by atoms with Crippen molar-refractivity contribution in [1.29, 1.82) is 0 Å². The van der Waals surface area contributed by atoms with Gasteiger partial charge in [-0.25, -0.2) is 0 Å². The molecular formula is C24H24O3. The van der Waals surface area contributed by atoms with E-state index in [9.17, 15) is 10.2 Å². The van der Waals surface area contributed by atoms with Crippen molar-refractivity contribution in [3.63, 3.8) is 0 Å². The van der Waals surface area contributed by atoms with E-state index in [0.717, 1.165) is 11.1 Å². The van der Waals surface area contributed by atoms with E-state index >= 15 is 0 Å². The maximum absolute atomic E-state index is 10.8. The molecule has 0 fully saturated rings. The minimum atomic E-state index is -1.09. The van der Waals surface area contributed by atoms with E-state index in [1.807, 2.05) is 84.9 Å². The van der Waals surface area contributed by atoms with Gasteiger partial charge in [-0.05, 0) is 16.7 Å². The molecule has 3 nitrogen and oxygen atoms in total. The van der Waals surface area contributed by atoms with Crippen LogP contribution < -0.4 is 0 Å². The van der Waals surface area contributed by atoms with Gasteiger partial charge in [0.05, 0.1) is 6.61 Å². The Morgan fingerprint density at radius 3 is 1.93 bits per heavy atom. The Labute approximate surface area is 160 Å². The highest BCUT2D eigenvalue weighted by Gasteiger charge is 2.26. The topological polar surface area (TPSA) is 49.7 Å². The van der Waals surface area contributed by atoms with Crippen LogP contribution in [0.4, 0.5) is 0 Å². The first-order valence-corrected chi connectivity index (χ1v) is 9.04. The van der Waals surface area contributed by atoms with Crippen molar-refractivity contribution in [3.8, 4) is 0 Å². The van der Waals surface area contributed by atoms with Crippen molar-refractivity contribution in [2.24, 2.45) is 0 Å². The lowest BCUT2D eigenvalue weighted by molar-refractivity contribution is -0.0763. The van der Waals surface area contributed by atoms with Crippen molar-refractivity contribution >= 4 is 6.08 Å². The first kappa shape index (κ1) is 19.1. The standard InChI is InChI=1S/C24H24O3/c25-23(21-14-8-3-9-15-21)24(26)22(17-16-19-10-4-1-5-11-19)27-18-20-12-6-2-7-13-20/h1-17,22-26H,18H2/b17-16+/t22-,23+,24-/m0/s1. The van der Waals surface area contributed by atoms with Gasteiger partial charge in [0.2, 0.25) is 0 Å². The number of aliphatic hydroxyl groups excluding tert-OH is 2. The van der Waals surface area contributed by atoms with Crippen LogP contribution >= 0.6 is 0 Å². The molecule has 3 aromatic rings. The van der Waals surface area contributed by atoms with Crippen molar-refractivity contribution < 1.29 is 14.9 Å². The van der Waals surface area contributed by atoms with Crippen LogP contribution in [0, 0.1) is 0 Å². The number of rotatable bonds is 8. The summed E-state index contributed by atoms with van der Waals surface area (Å²) >= 11 is 0. The van der Waals surface area contributed by atoms with Gasteiger partial charge in [0.25, 0.3) is 0 Å². The Morgan fingerprint density at radius 2 is 1.30 bits per heavy atom. The lowest BCUT2D eigenvalue weighted by Crippen LogP contribution is -2.33. The fraction of sp³-hybridized carbons (Fsp3) is 0.167. The molecule has 138 valence electrons. The quantitative estimate of drug-likeness (QED) is 0.627. The molecule has 0 aliphatic carbocycles. The Bertz CT molecular complexity index is 816. The van der Waals surface area contributed by atoms with Gasteiger partial charge in [0, 0.05) is 0 Å². The first-order chi connectivity index (χ1) is 13.2. The van der Waals surface area contributed by atoms with Crippen LogP contribution in [0.5, 0.6) is 0 Å². The predicted octanol–water partition coefficient (Wildman–Crippen LogP) is 4.38. The fourth-order valence-corrected chi connectivity index (χ4v) is 2.83. The molecule has 0 aliphatic heterocycles. The van der Waals surface area contributed by atoms with Crippen molar-refractivity contribution in [3.05, 3.63) is 114 Å². The summed E-state index contributed by atoms with van der Waals surface area (Å²) in [6.45, 7) is 0.350. The molecule has 0 saturated carbocycles. The number of hydrogen-bond donors (Lipinski definition) is 2. The Morgan fingerprint density at radius 1 is 0.741 bits per heavy atom. The Balaban J connectivity index is 1.76. The summed E-state index contributed by atoms with van der Waals surface area (Å²) in [5.74, 6) is 0. The van der Waals surface area contributed by atoms with Gasteiger partial charge in [-0.15, -0.1) is 0 Å². The second-order valence-electron chi connectivity index (χ2n) is 6.38. The highest BCUT2D eigenvalue weighted by molar-refractivity contribution is 5.49. The maximum Gasteiger partial charge on any atom is 0.114 e. The van der Waals surface area contributed by atoms with E-state index in [0.29, 0.717) is 12.2 Å². The molecule has 3 rings (SSSR count). The van der Waals surface area contributed by atoms with Crippen molar-refractivity contribution in [1.82, 2.24) is 0 Å². The zero-order valence-corrected chi connectivity index (χ0v) is 15.1. The monoisotopic (exact) mass is 360 g/mol. The number of ether oxygens (including phenoxy) is 1. The molecule has 2 N–H and O–H groups in total. The van der Waals surface area contributed by atoms with Gasteiger partial charge in [-0.2, -0.15) is 0 Å². The smallest absolute Gasteiger partial charge is 0.114 e. The lowest BCUT2D eigenvalue weighted by atomic mass is 9.99. The van der Waals surface area contributed by atoms with Gasteiger partial charge in [-0.3, -0.25) is 0 Å². The largest absolute Gasteiger partial charge is 0.387 e. The molecule has 0 heterocycles. The molecule has 0 amide bonds. The second-order valence-corrected chi connectivity index (χ2v) is 6.38. The van der Waals surface area contributed by atoms with Crippen molar-refractivity contribution in [2.75, 3.05) is 0 Å². The minimum absolute atomic E-state index is 0.350. The van der Waals surface area contributed by atoms with E-state index in [2.05, 4.69) is 0 Å².